The molecule has 4 rings (SSSR count). The van der Waals surface area contributed by atoms with Gasteiger partial charge in [0.15, 0.2) is 0 Å². The van der Waals surface area contributed by atoms with Crippen LogP contribution in [0, 0.1) is 0 Å². The molecule has 0 saturated carbocycles. The monoisotopic (exact) mass is 478 g/mol. The van der Waals surface area contributed by atoms with Gasteiger partial charge in [0, 0.05) is 30.0 Å². The van der Waals surface area contributed by atoms with Gasteiger partial charge in [0.1, 0.15) is 17.0 Å². The first kappa shape index (κ1) is 23.5. The van der Waals surface area contributed by atoms with Crippen molar-refractivity contribution in [3.05, 3.63) is 78.6 Å². The van der Waals surface area contributed by atoms with Crippen LogP contribution >= 0.6 is 0 Å². The van der Waals surface area contributed by atoms with E-state index in [1.165, 1.54) is 23.5 Å². The maximum absolute atomic E-state index is 13.1. The van der Waals surface area contributed by atoms with Gasteiger partial charge in [-0.2, -0.15) is 4.31 Å². The summed E-state index contributed by atoms with van der Waals surface area (Å²) in [6.45, 7) is 4.16. The molecule has 176 valence electrons. The number of aromatic nitrogens is 2. The minimum Gasteiger partial charge on any atom is -0.495 e. The van der Waals surface area contributed by atoms with Crippen molar-refractivity contribution in [1.29, 1.82) is 0 Å². The number of methoxy groups -OCH3 is 1. The molecule has 0 aliphatic carbocycles. The van der Waals surface area contributed by atoms with Crippen molar-refractivity contribution in [2.24, 2.45) is 0 Å². The second-order valence-corrected chi connectivity index (χ2v) is 9.47. The number of para-hydroxylation sites is 2. The number of anilines is 1. The molecular weight excluding hydrogens is 452 g/mol. The Labute approximate surface area is 198 Å². The lowest BCUT2D eigenvalue weighted by Crippen LogP contribution is -2.31. The number of carbonyl (C=O) groups is 1. The van der Waals surface area contributed by atoms with E-state index in [1.807, 2.05) is 41.0 Å². The molecule has 0 aliphatic heterocycles. The lowest BCUT2D eigenvalue weighted by molar-refractivity contribution is 0.102. The summed E-state index contributed by atoms with van der Waals surface area (Å²) in [5, 5.41) is 2.83. The predicted octanol–water partition coefficient (Wildman–Crippen LogP) is 4.32. The molecule has 0 fully saturated rings. The van der Waals surface area contributed by atoms with E-state index in [9.17, 15) is 13.2 Å². The molecule has 0 bridgehead atoms. The number of nitrogens with zero attached hydrogens (tertiary/aromatic N) is 3. The number of fused-ring (bicyclic) bond motifs is 1. The quantitative estimate of drug-likeness (QED) is 0.407. The molecule has 4 aromatic rings. The van der Waals surface area contributed by atoms with E-state index in [-0.39, 0.29) is 16.2 Å². The molecule has 1 amide bonds. The Bertz CT molecular complexity index is 1430. The molecule has 1 heterocycles. The number of hydrogen-bond acceptors (Lipinski definition) is 5. The van der Waals surface area contributed by atoms with E-state index < -0.39 is 15.9 Å². The summed E-state index contributed by atoms with van der Waals surface area (Å²) in [5.41, 5.74) is 3.59. The van der Waals surface area contributed by atoms with Crippen LogP contribution in [-0.2, 0) is 10.0 Å². The van der Waals surface area contributed by atoms with Crippen molar-refractivity contribution in [3.8, 4) is 11.4 Å². The summed E-state index contributed by atoms with van der Waals surface area (Å²) >= 11 is 0. The normalized spacial score (nSPS) is 11.6. The molecule has 9 heteroatoms. The van der Waals surface area contributed by atoms with E-state index in [4.69, 9.17) is 4.74 Å². The van der Waals surface area contributed by atoms with E-state index in [0.717, 1.165) is 16.7 Å². The summed E-state index contributed by atoms with van der Waals surface area (Å²) in [6.07, 6.45) is 1.76. The van der Waals surface area contributed by atoms with Gasteiger partial charge in [-0.1, -0.05) is 26.0 Å². The van der Waals surface area contributed by atoms with Crippen molar-refractivity contribution in [3.63, 3.8) is 0 Å². The van der Waals surface area contributed by atoms with Gasteiger partial charge in [0.2, 0.25) is 10.0 Å². The fourth-order valence-electron chi connectivity index (χ4n) is 3.80. The molecule has 0 radical (unpaired) electrons. The fourth-order valence-corrected chi connectivity index (χ4v) is 5.44. The van der Waals surface area contributed by atoms with Gasteiger partial charge >= 0.3 is 0 Å². The highest BCUT2D eigenvalue weighted by Gasteiger charge is 2.26. The largest absolute Gasteiger partial charge is 0.495 e. The number of benzene rings is 3. The molecule has 1 aromatic heterocycles. The number of sulfonamides is 1. The van der Waals surface area contributed by atoms with Crippen LogP contribution in [0.5, 0.6) is 5.75 Å². The standard InChI is InChI=1S/C25H26N4O4S/c1-4-28(5-2)34(31,32)24-16-18(10-15-23(24)33-3)25(30)27-19-11-13-20(14-12-19)29-17-26-21-8-6-7-9-22(21)29/h6-17H,4-5H2,1-3H3,(H,27,30). The first-order valence-electron chi connectivity index (χ1n) is 10.9. The van der Waals surface area contributed by atoms with Crippen molar-refractivity contribution in [2.75, 3.05) is 25.5 Å². The van der Waals surface area contributed by atoms with Gasteiger partial charge in [-0.3, -0.25) is 9.36 Å². The van der Waals surface area contributed by atoms with Gasteiger partial charge in [-0.05, 0) is 54.6 Å². The summed E-state index contributed by atoms with van der Waals surface area (Å²) < 4.78 is 34.7. The number of nitrogens with one attached hydrogen (secondary N) is 1. The first-order valence-corrected chi connectivity index (χ1v) is 12.3. The van der Waals surface area contributed by atoms with Crippen LogP contribution in [-0.4, -0.2) is 48.4 Å². The van der Waals surface area contributed by atoms with Gasteiger partial charge in [0.25, 0.3) is 5.91 Å². The Kier molecular flexibility index (Phi) is 6.67. The van der Waals surface area contributed by atoms with Gasteiger partial charge < -0.3 is 10.1 Å². The Balaban J connectivity index is 1.58. The third-order valence-corrected chi connectivity index (χ3v) is 7.68. The summed E-state index contributed by atoms with van der Waals surface area (Å²) in [4.78, 5) is 17.3. The van der Waals surface area contributed by atoms with Crippen LogP contribution in [0.15, 0.2) is 78.0 Å². The molecule has 0 atom stereocenters. The number of rotatable bonds is 8. The molecule has 8 nitrogen and oxygen atoms in total. The lowest BCUT2D eigenvalue weighted by Gasteiger charge is -2.20. The van der Waals surface area contributed by atoms with E-state index in [1.54, 1.807) is 38.4 Å². The van der Waals surface area contributed by atoms with Gasteiger partial charge in [-0.15, -0.1) is 0 Å². The number of carbonyl (C=O) groups excluding carboxylic acids is 1. The molecule has 3 aromatic carbocycles. The summed E-state index contributed by atoms with van der Waals surface area (Å²) in [6, 6.07) is 19.6. The molecule has 0 spiro atoms. The lowest BCUT2D eigenvalue weighted by atomic mass is 10.2. The number of imidazole rings is 1. The maximum atomic E-state index is 13.1. The highest BCUT2D eigenvalue weighted by Crippen LogP contribution is 2.28. The average Bonchev–Trinajstić information content (AvgIpc) is 3.29. The topological polar surface area (TPSA) is 93.5 Å². The smallest absolute Gasteiger partial charge is 0.255 e. The highest BCUT2D eigenvalue weighted by atomic mass is 32.2. The zero-order valence-electron chi connectivity index (χ0n) is 19.2. The number of amides is 1. The molecule has 0 unspecified atom stereocenters. The second kappa shape index (κ2) is 9.66. The van der Waals surface area contributed by atoms with Crippen molar-refractivity contribution < 1.29 is 17.9 Å². The SMILES string of the molecule is CCN(CC)S(=O)(=O)c1cc(C(=O)Nc2ccc(-n3cnc4ccccc43)cc2)ccc1OC. The molecule has 0 saturated heterocycles. The maximum Gasteiger partial charge on any atom is 0.255 e. The Morgan fingerprint density at radius 1 is 1.03 bits per heavy atom. The van der Waals surface area contributed by atoms with Crippen LogP contribution < -0.4 is 10.1 Å². The molecule has 34 heavy (non-hydrogen) atoms. The van der Waals surface area contributed by atoms with E-state index in [0.29, 0.717) is 18.8 Å². The third-order valence-electron chi connectivity index (χ3n) is 5.61. The van der Waals surface area contributed by atoms with Crippen molar-refractivity contribution >= 4 is 32.7 Å². The fraction of sp³-hybridized carbons (Fsp3) is 0.200. The van der Waals surface area contributed by atoms with Gasteiger partial charge in [-0.25, -0.2) is 13.4 Å². The van der Waals surface area contributed by atoms with Crippen LogP contribution in [0.1, 0.15) is 24.2 Å². The highest BCUT2D eigenvalue weighted by molar-refractivity contribution is 7.89. The second-order valence-electron chi connectivity index (χ2n) is 7.56. The van der Waals surface area contributed by atoms with Crippen LogP contribution in [0.25, 0.3) is 16.7 Å². The summed E-state index contributed by atoms with van der Waals surface area (Å²) in [7, 11) is -2.40. The summed E-state index contributed by atoms with van der Waals surface area (Å²) in [5.74, 6) is -0.222. The zero-order chi connectivity index (χ0) is 24.3. The minimum atomic E-state index is -3.80. The third kappa shape index (κ3) is 4.40. The average molecular weight is 479 g/mol. The first-order chi connectivity index (χ1) is 16.4. The molecule has 0 aliphatic rings. The van der Waals surface area contributed by atoms with Crippen LogP contribution in [0.4, 0.5) is 5.69 Å². The van der Waals surface area contributed by atoms with Crippen LogP contribution in [0.2, 0.25) is 0 Å². The van der Waals surface area contributed by atoms with Gasteiger partial charge in [0.05, 0.1) is 18.1 Å². The Morgan fingerprint density at radius 3 is 2.41 bits per heavy atom. The van der Waals surface area contributed by atoms with Crippen LogP contribution in [0.3, 0.4) is 0 Å². The zero-order valence-corrected chi connectivity index (χ0v) is 20.0. The van der Waals surface area contributed by atoms with Crippen molar-refractivity contribution in [1.82, 2.24) is 13.9 Å². The Hall–Kier alpha value is -3.69. The predicted molar refractivity (Wildman–Crippen MR) is 132 cm³/mol. The molecule has 1 N–H and O–H groups in total. The Morgan fingerprint density at radius 2 is 1.74 bits per heavy atom. The number of hydrogen-bond donors (Lipinski definition) is 1. The number of ether oxygens (including phenoxy) is 1. The minimum absolute atomic E-state index is 0.0336. The van der Waals surface area contributed by atoms with E-state index in [2.05, 4.69) is 10.3 Å². The molecular formula is C25H26N4O4S. The van der Waals surface area contributed by atoms with Crippen molar-refractivity contribution in [2.45, 2.75) is 18.7 Å². The van der Waals surface area contributed by atoms with E-state index >= 15 is 0 Å².